The molecular formula is C44H37FN6O6S3. The van der Waals surface area contributed by atoms with Crippen molar-refractivity contribution in [2.24, 2.45) is 0 Å². The maximum atomic E-state index is 14.0. The number of hydrogen-bond acceptors (Lipinski definition) is 10. The molecule has 0 atom stereocenters. The molecule has 0 saturated heterocycles. The number of H-pyrrole nitrogens is 1. The monoisotopic (exact) mass is 860 g/mol. The summed E-state index contributed by atoms with van der Waals surface area (Å²) in [5.41, 5.74) is 4.77. The molecule has 8 aromatic rings. The van der Waals surface area contributed by atoms with Gasteiger partial charge in [-0.05, 0) is 115 Å². The number of pyridine rings is 2. The van der Waals surface area contributed by atoms with Crippen LogP contribution >= 0.6 is 11.3 Å². The molecule has 4 aromatic heterocycles. The van der Waals surface area contributed by atoms with Gasteiger partial charge in [-0.1, -0.05) is 42.5 Å². The van der Waals surface area contributed by atoms with Crippen molar-refractivity contribution in [3.05, 3.63) is 172 Å². The summed E-state index contributed by atoms with van der Waals surface area (Å²) in [5, 5.41) is 13.9. The molecule has 0 aliphatic heterocycles. The van der Waals surface area contributed by atoms with Crippen LogP contribution in [0.15, 0.2) is 147 Å². The molecule has 0 saturated carbocycles. The SMILES string of the molecule is Cc1ccc(C)c(S(=O)(=O)c2ccc(CNC(=O)c3cc4ccncc4s3)cc2)c1.Cc1ccc(F)c(S(=O)(=O)c2ccc(CNC(=O)c3cnc4[nH]ncc4c3)cc2)c1. The van der Waals surface area contributed by atoms with Crippen LogP contribution in [0.2, 0.25) is 0 Å². The van der Waals surface area contributed by atoms with Gasteiger partial charge in [-0.3, -0.25) is 19.7 Å². The van der Waals surface area contributed by atoms with Crippen LogP contribution in [-0.4, -0.2) is 48.8 Å². The summed E-state index contributed by atoms with van der Waals surface area (Å²) in [5.74, 6) is -1.27. The largest absolute Gasteiger partial charge is 0.348 e. The van der Waals surface area contributed by atoms with E-state index in [-0.39, 0.29) is 33.0 Å². The zero-order valence-corrected chi connectivity index (χ0v) is 34.9. The number of aryl methyl sites for hydroxylation is 3. The highest BCUT2D eigenvalue weighted by molar-refractivity contribution is 7.91. The Hall–Kier alpha value is -6.62. The van der Waals surface area contributed by atoms with Crippen molar-refractivity contribution in [1.29, 1.82) is 0 Å². The Morgan fingerprint density at radius 1 is 0.667 bits per heavy atom. The number of nitrogens with one attached hydrogen (secondary N) is 3. The zero-order chi connectivity index (χ0) is 42.6. The molecule has 2 amide bonds. The topological polar surface area (TPSA) is 181 Å². The molecule has 0 radical (unpaired) electrons. The second-order valence-electron chi connectivity index (χ2n) is 13.9. The first-order valence-corrected chi connectivity index (χ1v) is 22.2. The number of nitrogens with zero attached hydrogens (tertiary/aromatic N) is 3. The van der Waals surface area contributed by atoms with Crippen LogP contribution in [0.5, 0.6) is 0 Å². The number of benzene rings is 4. The smallest absolute Gasteiger partial charge is 0.261 e. The first-order valence-electron chi connectivity index (χ1n) is 18.4. The molecule has 0 aliphatic carbocycles. The molecule has 0 fully saturated rings. The van der Waals surface area contributed by atoms with Crippen LogP contribution < -0.4 is 10.6 Å². The van der Waals surface area contributed by atoms with Gasteiger partial charge in [-0.25, -0.2) is 26.2 Å². The minimum absolute atomic E-state index is 0.0170. The number of carbonyl (C=O) groups excluding carboxylic acids is 2. The minimum atomic E-state index is -3.98. The number of thiophene rings is 1. The molecule has 304 valence electrons. The zero-order valence-electron chi connectivity index (χ0n) is 32.4. The van der Waals surface area contributed by atoms with Gasteiger partial charge in [0.2, 0.25) is 19.7 Å². The van der Waals surface area contributed by atoms with E-state index >= 15 is 0 Å². The highest BCUT2D eigenvalue weighted by atomic mass is 32.2. The predicted molar refractivity (Wildman–Crippen MR) is 227 cm³/mol. The fraction of sp³-hybridized carbons (Fsp3) is 0.114. The average Bonchev–Trinajstić information content (AvgIpc) is 3.92. The lowest BCUT2D eigenvalue weighted by Gasteiger charge is -2.10. The summed E-state index contributed by atoms with van der Waals surface area (Å²) >= 11 is 1.39. The molecule has 8 rings (SSSR count). The number of rotatable bonds is 10. The maximum Gasteiger partial charge on any atom is 0.261 e. The molecule has 0 bridgehead atoms. The lowest BCUT2D eigenvalue weighted by molar-refractivity contribution is 0.0944. The molecule has 0 spiro atoms. The van der Waals surface area contributed by atoms with Crippen LogP contribution in [0.1, 0.15) is 47.8 Å². The number of sulfone groups is 2. The molecule has 4 aromatic carbocycles. The Morgan fingerprint density at radius 3 is 1.92 bits per heavy atom. The van der Waals surface area contributed by atoms with Gasteiger partial charge in [0.05, 0.1) is 36.0 Å². The van der Waals surface area contributed by atoms with Crippen molar-refractivity contribution in [2.75, 3.05) is 0 Å². The van der Waals surface area contributed by atoms with E-state index in [1.54, 1.807) is 81.0 Å². The number of aromatic nitrogens is 4. The summed E-state index contributed by atoms with van der Waals surface area (Å²) in [6.07, 6.45) is 6.47. The number of halogens is 1. The van der Waals surface area contributed by atoms with Crippen molar-refractivity contribution in [1.82, 2.24) is 30.8 Å². The average molecular weight is 861 g/mol. The molecule has 3 N–H and O–H groups in total. The quantitative estimate of drug-likeness (QED) is 0.123. The Kier molecular flexibility index (Phi) is 12.0. The lowest BCUT2D eigenvalue weighted by atomic mass is 10.2. The predicted octanol–water partition coefficient (Wildman–Crippen LogP) is 7.84. The second-order valence-corrected chi connectivity index (χ2v) is 18.8. The van der Waals surface area contributed by atoms with Gasteiger partial charge < -0.3 is 10.6 Å². The van der Waals surface area contributed by atoms with Crippen LogP contribution in [0.25, 0.3) is 21.1 Å². The first-order chi connectivity index (χ1) is 28.7. The summed E-state index contributed by atoms with van der Waals surface area (Å²) in [6.45, 7) is 5.87. The van der Waals surface area contributed by atoms with Gasteiger partial charge in [-0.2, -0.15) is 5.10 Å². The second kappa shape index (κ2) is 17.3. The van der Waals surface area contributed by atoms with Gasteiger partial charge in [-0.15, -0.1) is 11.3 Å². The number of carbonyl (C=O) groups is 2. The van der Waals surface area contributed by atoms with Crippen LogP contribution in [0, 0.1) is 26.6 Å². The minimum Gasteiger partial charge on any atom is -0.348 e. The Morgan fingerprint density at radius 2 is 1.27 bits per heavy atom. The molecule has 16 heteroatoms. The standard InChI is InChI=1S/C23H20N2O3S2.C21H17FN4O3S/c1-15-3-4-16(2)22(11-15)30(27,28)19-7-5-17(6-8-19)13-25-23(26)20-12-18-9-10-24-14-21(18)29-20;1-13-2-7-18(22)19(8-13)30(28,29)17-5-3-14(4-6-17)10-24-21(27)16-9-15-12-25-26-20(15)23-11-16/h3-12,14H,13H2,1-2H3,(H,25,26);2-9,11-12H,10H2,1H3,(H,24,27)(H,23,25,26). The molecule has 60 heavy (non-hydrogen) atoms. The van der Waals surface area contributed by atoms with Crippen molar-refractivity contribution >= 4 is 63.9 Å². The van der Waals surface area contributed by atoms with E-state index in [0.717, 1.165) is 38.2 Å². The van der Waals surface area contributed by atoms with E-state index in [0.29, 0.717) is 38.7 Å². The van der Waals surface area contributed by atoms with E-state index in [4.69, 9.17) is 0 Å². The van der Waals surface area contributed by atoms with Crippen molar-refractivity contribution in [2.45, 2.75) is 53.4 Å². The number of hydrogen-bond donors (Lipinski definition) is 3. The van der Waals surface area contributed by atoms with Crippen LogP contribution in [-0.2, 0) is 32.8 Å². The molecule has 0 unspecified atom stereocenters. The normalized spacial score (nSPS) is 11.5. The Bertz CT molecular complexity index is 2940. The number of aromatic amines is 1. The summed E-state index contributed by atoms with van der Waals surface area (Å²) in [6, 6.07) is 27.4. The van der Waals surface area contributed by atoms with E-state index < -0.39 is 25.5 Å². The first kappa shape index (κ1) is 41.5. The lowest BCUT2D eigenvalue weighted by Crippen LogP contribution is -2.22. The van der Waals surface area contributed by atoms with Gasteiger partial charge in [0.15, 0.2) is 5.65 Å². The van der Waals surface area contributed by atoms with Crippen LogP contribution in [0.4, 0.5) is 4.39 Å². The third-order valence-electron chi connectivity index (χ3n) is 9.48. The molecule has 4 heterocycles. The fourth-order valence-corrected chi connectivity index (χ4v) is 10.1. The van der Waals surface area contributed by atoms with E-state index in [2.05, 4.69) is 30.8 Å². The number of fused-ring (bicyclic) bond motifs is 2. The highest BCUT2D eigenvalue weighted by Crippen LogP contribution is 2.27. The van der Waals surface area contributed by atoms with Crippen LogP contribution in [0.3, 0.4) is 0 Å². The van der Waals surface area contributed by atoms with Crippen molar-refractivity contribution in [3.63, 3.8) is 0 Å². The molecule has 12 nitrogen and oxygen atoms in total. The van der Waals surface area contributed by atoms with E-state index in [1.807, 2.05) is 31.2 Å². The summed E-state index contributed by atoms with van der Waals surface area (Å²) in [4.78, 5) is 33.8. The van der Waals surface area contributed by atoms with Crippen molar-refractivity contribution < 1.29 is 30.8 Å². The fourth-order valence-electron chi connectivity index (χ4n) is 6.15. The molecule has 0 aliphatic rings. The Labute approximate surface area is 349 Å². The number of amides is 2. The molecular weight excluding hydrogens is 824 g/mol. The highest BCUT2D eigenvalue weighted by Gasteiger charge is 2.23. The van der Waals surface area contributed by atoms with Gasteiger partial charge >= 0.3 is 0 Å². The van der Waals surface area contributed by atoms with Gasteiger partial charge in [0.25, 0.3) is 11.8 Å². The summed E-state index contributed by atoms with van der Waals surface area (Å²) < 4.78 is 66.4. The third kappa shape index (κ3) is 9.15. The van der Waals surface area contributed by atoms with Crippen molar-refractivity contribution in [3.8, 4) is 0 Å². The van der Waals surface area contributed by atoms with E-state index in [9.17, 15) is 30.8 Å². The summed E-state index contributed by atoms with van der Waals surface area (Å²) in [7, 11) is -7.57. The van der Waals surface area contributed by atoms with Gasteiger partial charge in [0.1, 0.15) is 10.7 Å². The Balaban J connectivity index is 0.000000181. The maximum absolute atomic E-state index is 14.0. The third-order valence-corrected chi connectivity index (χ3v) is 14.3. The van der Waals surface area contributed by atoms with E-state index in [1.165, 1.54) is 41.8 Å². The van der Waals surface area contributed by atoms with Gasteiger partial charge in [0, 0.05) is 37.1 Å².